The summed E-state index contributed by atoms with van der Waals surface area (Å²) in [6, 6.07) is 5.09. The number of primary amides is 1. The van der Waals surface area contributed by atoms with Crippen LogP contribution in [0.1, 0.15) is 77.0 Å². The summed E-state index contributed by atoms with van der Waals surface area (Å²) >= 11 is 0. The van der Waals surface area contributed by atoms with E-state index in [9.17, 15) is 19.2 Å². The van der Waals surface area contributed by atoms with Crippen molar-refractivity contribution >= 4 is 23.8 Å². The number of alkyl carbamates (subject to hydrolysis) is 1. The highest BCUT2D eigenvalue weighted by Gasteiger charge is 2.44. The zero-order chi connectivity index (χ0) is 25.5. The number of nitrogens with zero attached hydrogens (tertiary/aromatic N) is 1. The molecule has 0 radical (unpaired) electrons. The normalized spacial score (nSPS) is 15.1. The Morgan fingerprint density at radius 1 is 1.18 bits per heavy atom. The van der Waals surface area contributed by atoms with Gasteiger partial charge in [-0.15, -0.1) is 0 Å². The number of nitrogens with two attached hydrogens (primary N) is 1. The molecule has 1 aromatic carbocycles. The van der Waals surface area contributed by atoms with E-state index in [1.165, 1.54) is 4.90 Å². The van der Waals surface area contributed by atoms with Gasteiger partial charge >= 0.3 is 6.09 Å². The van der Waals surface area contributed by atoms with E-state index < -0.39 is 42.0 Å². The molecule has 0 aliphatic heterocycles. The van der Waals surface area contributed by atoms with Gasteiger partial charge in [0.1, 0.15) is 17.7 Å². The average molecular weight is 475 g/mol. The third kappa shape index (κ3) is 8.04. The molecule has 9 nitrogen and oxygen atoms in total. The van der Waals surface area contributed by atoms with Crippen molar-refractivity contribution in [2.75, 3.05) is 6.54 Å². The molecule has 1 aliphatic carbocycles. The van der Waals surface area contributed by atoms with E-state index in [1.807, 2.05) is 38.1 Å². The molecular formula is C25H38N4O5. The summed E-state index contributed by atoms with van der Waals surface area (Å²) in [5.41, 5.74) is 6.17. The van der Waals surface area contributed by atoms with Gasteiger partial charge in [-0.3, -0.25) is 14.4 Å². The summed E-state index contributed by atoms with van der Waals surface area (Å²) in [7, 11) is 0. The molecule has 0 spiro atoms. The summed E-state index contributed by atoms with van der Waals surface area (Å²) in [6.07, 6.45) is 1.95. The fraction of sp³-hybridized carbons (Fsp3) is 0.600. The summed E-state index contributed by atoms with van der Waals surface area (Å²) in [4.78, 5) is 52.9. The first kappa shape index (κ1) is 27.1. The van der Waals surface area contributed by atoms with E-state index in [2.05, 4.69) is 10.6 Å². The number of aryl methyl sites for hydroxylation is 1. The van der Waals surface area contributed by atoms with Crippen LogP contribution in [0.2, 0.25) is 0 Å². The SMILES string of the molecule is CCCCNC(=O)C(c1ccccc1C)N(C(=O)C(CC(N)=O)NC(=O)OC(C)(C)C)C1CC1. The van der Waals surface area contributed by atoms with E-state index in [1.54, 1.807) is 20.8 Å². The van der Waals surface area contributed by atoms with Gasteiger partial charge in [0.25, 0.3) is 0 Å². The van der Waals surface area contributed by atoms with Gasteiger partial charge in [-0.05, 0) is 58.1 Å². The molecule has 188 valence electrons. The van der Waals surface area contributed by atoms with Crippen molar-refractivity contribution in [1.29, 1.82) is 0 Å². The second-order valence-corrected chi connectivity index (χ2v) is 9.75. The lowest BCUT2D eigenvalue weighted by molar-refractivity contribution is -0.144. The zero-order valence-electron chi connectivity index (χ0n) is 20.8. The molecule has 0 saturated heterocycles. The minimum Gasteiger partial charge on any atom is -0.444 e. The predicted molar refractivity (Wildman–Crippen MR) is 129 cm³/mol. The lowest BCUT2D eigenvalue weighted by Crippen LogP contribution is -2.54. The van der Waals surface area contributed by atoms with Crippen LogP contribution in [0.25, 0.3) is 0 Å². The van der Waals surface area contributed by atoms with Crippen molar-refractivity contribution in [2.45, 2.75) is 90.4 Å². The average Bonchev–Trinajstić information content (AvgIpc) is 3.55. The molecule has 0 bridgehead atoms. The Hall–Kier alpha value is -3.10. The second-order valence-electron chi connectivity index (χ2n) is 9.75. The van der Waals surface area contributed by atoms with Crippen molar-refractivity contribution < 1.29 is 23.9 Å². The summed E-state index contributed by atoms with van der Waals surface area (Å²) in [5, 5.41) is 5.44. The first-order valence-corrected chi connectivity index (χ1v) is 11.9. The highest BCUT2D eigenvalue weighted by molar-refractivity contribution is 5.95. The minimum absolute atomic E-state index is 0.176. The number of benzene rings is 1. The minimum atomic E-state index is -1.25. The van der Waals surface area contributed by atoms with E-state index in [0.717, 1.165) is 31.2 Å². The number of hydrogen-bond donors (Lipinski definition) is 3. The fourth-order valence-corrected chi connectivity index (χ4v) is 3.70. The van der Waals surface area contributed by atoms with Gasteiger partial charge in [0, 0.05) is 12.6 Å². The lowest BCUT2D eigenvalue weighted by Gasteiger charge is -2.35. The van der Waals surface area contributed by atoms with Gasteiger partial charge in [0.05, 0.1) is 6.42 Å². The molecule has 1 aliphatic rings. The molecule has 2 rings (SSSR count). The second kappa shape index (κ2) is 11.9. The number of unbranched alkanes of at least 4 members (excludes halogenated alkanes) is 1. The largest absolute Gasteiger partial charge is 0.444 e. The molecular weight excluding hydrogens is 436 g/mol. The molecule has 1 saturated carbocycles. The molecule has 4 amide bonds. The van der Waals surface area contributed by atoms with Crippen LogP contribution in [-0.4, -0.2) is 52.9 Å². The van der Waals surface area contributed by atoms with Gasteiger partial charge < -0.3 is 26.0 Å². The molecule has 1 aromatic rings. The Kier molecular flexibility index (Phi) is 9.46. The van der Waals surface area contributed by atoms with Crippen LogP contribution in [-0.2, 0) is 19.1 Å². The number of carbonyl (C=O) groups excluding carboxylic acids is 4. The number of amides is 4. The maximum atomic E-state index is 13.8. The number of nitrogens with one attached hydrogen (secondary N) is 2. The third-order valence-corrected chi connectivity index (χ3v) is 5.43. The van der Waals surface area contributed by atoms with Gasteiger partial charge in [-0.2, -0.15) is 0 Å². The van der Waals surface area contributed by atoms with Crippen LogP contribution in [0.5, 0.6) is 0 Å². The summed E-state index contributed by atoms with van der Waals surface area (Å²) in [5.74, 6) is -1.57. The first-order chi connectivity index (χ1) is 15.9. The van der Waals surface area contributed by atoms with Crippen LogP contribution in [0.4, 0.5) is 4.79 Å². The van der Waals surface area contributed by atoms with Crippen molar-refractivity contribution in [3.63, 3.8) is 0 Å². The van der Waals surface area contributed by atoms with Gasteiger partial charge in [-0.1, -0.05) is 37.6 Å². The van der Waals surface area contributed by atoms with Crippen molar-refractivity contribution in [2.24, 2.45) is 5.73 Å². The molecule has 2 atom stereocenters. The Labute approximate surface area is 201 Å². The van der Waals surface area contributed by atoms with Gasteiger partial charge in [0.15, 0.2) is 0 Å². The van der Waals surface area contributed by atoms with Crippen LogP contribution >= 0.6 is 0 Å². The predicted octanol–water partition coefficient (Wildman–Crippen LogP) is 2.71. The lowest BCUT2D eigenvalue weighted by atomic mass is 9.97. The number of rotatable bonds is 11. The third-order valence-electron chi connectivity index (χ3n) is 5.43. The molecule has 0 aromatic heterocycles. The van der Waals surface area contributed by atoms with Crippen LogP contribution in [0.15, 0.2) is 24.3 Å². The van der Waals surface area contributed by atoms with E-state index in [4.69, 9.17) is 10.5 Å². The molecule has 4 N–H and O–H groups in total. The first-order valence-electron chi connectivity index (χ1n) is 11.9. The summed E-state index contributed by atoms with van der Waals surface area (Å²) in [6.45, 7) is 9.50. The molecule has 9 heteroatoms. The molecule has 2 unspecified atom stereocenters. The van der Waals surface area contributed by atoms with E-state index in [0.29, 0.717) is 12.1 Å². The molecule has 1 fully saturated rings. The van der Waals surface area contributed by atoms with Gasteiger partial charge in [0.2, 0.25) is 17.7 Å². The van der Waals surface area contributed by atoms with Crippen LogP contribution in [0, 0.1) is 6.92 Å². The highest BCUT2D eigenvalue weighted by Crippen LogP contribution is 2.36. The quantitative estimate of drug-likeness (QED) is 0.425. The fourth-order valence-electron chi connectivity index (χ4n) is 3.70. The monoisotopic (exact) mass is 474 g/mol. The van der Waals surface area contributed by atoms with Crippen LogP contribution < -0.4 is 16.4 Å². The number of ether oxygens (including phenoxy) is 1. The maximum absolute atomic E-state index is 13.8. The Morgan fingerprint density at radius 2 is 1.82 bits per heavy atom. The van der Waals surface area contributed by atoms with E-state index in [-0.39, 0.29) is 11.9 Å². The van der Waals surface area contributed by atoms with Gasteiger partial charge in [-0.25, -0.2) is 4.79 Å². The Morgan fingerprint density at radius 3 is 2.35 bits per heavy atom. The number of carbonyl (C=O) groups is 4. The molecule has 34 heavy (non-hydrogen) atoms. The maximum Gasteiger partial charge on any atom is 0.408 e. The summed E-state index contributed by atoms with van der Waals surface area (Å²) < 4.78 is 5.28. The Bertz CT molecular complexity index is 892. The number of hydrogen-bond acceptors (Lipinski definition) is 5. The smallest absolute Gasteiger partial charge is 0.408 e. The van der Waals surface area contributed by atoms with Crippen molar-refractivity contribution in [3.8, 4) is 0 Å². The zero-order valence-corrected chi connectivity index (χ0v) is 20.8. The highest BCUT2D eigenvalue weighted by atomic mass is 16.6. The standard InChI is InChI=1S/C25H38N4O5/c1-6-7-14-27-22(31)21(18-11-9-8-10-16(18)2)29(17-12-13-17)23(32)19(15-20(26)30)28-24(33)34-25(3,4)5/h8-11,17,19,21H,6-7,12-15H2,1-5H3,(H2,26,30)(H,27,31)(H,28,33). The van der Waals surface area contributed by atoms with Crippen molar-refractivity contribution in [1.82, 2.24) is 15.5 Å². The Balaban J connectivity index is 2.42. The van der Waals surface area contributed by atoms with Crippen molar-refractivity contribution in [3.05, 3.63) is 35.4 Å². The topological polar surface area (TPSA) is 131 Å². The van der Waals surface area contributed by atoms with E-state index >= 15 is 0 Å². The van der Waals surface area contributed by atoms with Crippen LogP contribution in [0.3, 0.4) is 0 Å². The molecule has 0 heterocycles.